The van der Waals surface area contributed by atoms with Crippen LogP contribution in [-0.2, 0) is 4.79 Å². The van der Waals surface area contributed by atoms with Crippen LogP contribution in [0, 0.1) is 0 Å². The minimum absolute atomic E-state index is 0.00843. The van der Waals surface area contributed by atoms with Crippen LogP contribution in [0.5, 0.6) is 5.75 Å². The Labute approximate surface area is 234 Å². The van der Waals surface area contributed by atoms with Crippen LogP contribution < -0.4 is 15.4 Å². The Morgan fingerprint density at radius 3 is 2.61 bits per heavy atom. The van der Waals surface area contributed by atoms with Crippen molar-refractivity contribution in [1.82, 2.24) is 20.3 Å². The number of carbonyl (C=O) groups is 1. The molecule has 0 spiro atoms. The first kappa shape index (κ1) is 27.6. The summed E-state index contributed by atoms with van der Waals surface area (Å²) in [5, 5.41) is 6.61. The van der Waals surface area contributed by atoms with E-state index in [-0.39, 0.29) is 17.7 Å². The van der Waals surface area contributed by atoms with Gasteiger partial charge in [-0.25, -0.2) is 9.97 Å². The molecule has 5 rings (SSSR count). The van der Waals surface area contributed by atoms with Gasteiger partial charge >= 0.3 is 6.18 Å². The molecular formula is C31H26F3N5O2. The number of anilines is 1. The highest BCUT2D eigenvalue weighted by atomic mass is 19.4. The van der Waals surface area contributed by atoms with E-state index < -0.39 is 17.7 Å². The summed E-state index contributed by atoms with van der Waals surface area (Å²) < 4.78 is 46.3. The first-order valence-electron chi connectivity index (χ1n) is 12.9. The Morgan fingerprint density at radius 2 is 1.85 bits per heavy atom. The van der Waals surface area contributed by atoms with Gasteiger partial charge in [0, 0.05) is 35.6 Å². The summed E-state index contributed by atoms with van der Waals surface area (Å²) in [7, 11) is 1.56. The molecule has 0 saturated heterocycles. The molecule has 0 unspecified atom stereocenters. The van der Waals surface area contributed by atoms with Crippen LogP contribution in [-0.4, -0.2) is 40.7 Å². The molecule has 0 aliphatic heterocycles. The molecule has 41 heavy (non-hydrogen) atoms. The second-order valence-electron chi connectivity index (χ2n) is 9.16. The lowest BCUT2D eigenvalue weighted by Gasteiger charge is -2.18. The van der Waals surface area contributed by atoms with Crippen LogP contribution in [0.3, 0.4) is 0 Å². The largest absolute Gasteiger partial charge is 0.497 e. The topological polar surface area (TPSA) is 89.0 Å². The highest BCUT2D eigenvalue weighted by molar-refractivity contribution is 6.00. The second-order valence-corrected chi connectivity index (χ2v) is 9.16. The fraction of sp³-hybridized carbons (Fsp3) is 0.161. The van der Waals surface area contributed by atoms with E-state index in [1.165, 1.54) is 12.2 Å². The molecule has 2 heterocycles. The number of fused-ring (bicyclic) bond motifs is 1. The van der Waals surface area contributed by atoms with Gasteiger partial charge in [0.15, 0.2) is 5.82 Å². The zero-order valence-electron chi connectivity index (χ0n) is 22.1. The third kappa shape index (κ3) is 6.43. The number of aromatic nitrogens is 3. The number of methoxy groups -OCH3 is 1. The van der Waals surface area contributed by atoms with Crippen LogP contribution in [0.2, 0.25) is 0 Å². The van der Waals surface area contributed by atoms with Crippen molar-refractivity contribution in [1.29, 1.82) is 0 Å². The van der Waals surface area contributed by atoms with Gasteiger partial charge < -0.3 is 15.4 Å². The Kier molecular flexibility index (Phi) is 8.09. The van der Waals surface area contributed by atoms with Gasteiger partial charge in [-0.2, -0.15) is 13.2 Å². The number of alkyl halides is 3. The van der Waals surface area contributed by atoms with Crippen molar-refractivity contribution in [3.8, 4) is 17.1 Å². The van der Waals surface area contributed by atoms with E-state index in [9.17, 15) is 18.0 Å². The van der Waals surface area contributed by atoms with Gasteiger partial charge in [0.25, 0.3) is 5.91 Å². The number of pyridine rings is 1. The average Bonchev–Trinajstić information content (AvgIpc) is 3.37. The first-order chi connectivity index (χ1) is 19.8. The standard InChI is InChI=1S/C31H26F3N5O2/c1-41-22-14-15-27-24(17-22)29(39-28(37-27)21-10-8-16-35-18-21)38-26-13-7-3-5-11-23(26)30(40)36-19-20-9-4-2-6-12-25(20)31(32,33)34/h2-3,5-6,8-18H,4,7,19H2,1H3,(H,36,40)(H,37,38,39). The zero-order valence-corrected chi connectivity index (χ0v) is 22.1. The Hall–Kier alpha value is -4.99. The number of nitrogens with one attached hydrogen (secondary N) is 2. The number of amides is 1. The number of benzene rings is 1. The molecule has 1 aromatic carbocycles. The fourth-order valence-corrected chi connectivity index (χ4v) is 4.41. The fourth-order valence-electron chi connectivity index (χ4n) is 4.41. The molecular weight excluding hydrogens is 531 g/mol. The monoisotopic (exact) mass is 557 g/mol. The van der Waals surface area contributed by atoms with Crippen LogP contribution in [0.15, 0.2) is 114 Å². The van der Waals surface area contributed by atoms with Gasteiger partial charge in [-0.15, -0.1) is 0 Å². The van der Waals surface area contributed by atoms with Crippen molar-refractivity contribution >= 4 is 22.6 Å². The summed E-state index contributed by atoms with van der Waals surface area (Å²) in [4.78, 5) is 27.0. The maximum absolute atomic E-state index is 13.6. The molecule has 2 N–H and O–H groups in total. The molecule has 1 amide bonds. The lowest BCUT2D eigenvalue weighted by atomic mass is 10.0. The molecule has 7 nitrogen and oxygen atoms in total. The van der Waals surface area contributed by atoms with Crippen molar-refractivity contribution in [3.05, 3.63) is 114 Å². The van der Waals surface area contributed by atoms with Crippen LogP contribution in [0.4, 0.5) is 19.0 Å². The summed E-state index contributed by atoms with van der Waals surface area (Å²) in [5.74, 6) is 0.932. The number of ether oxygens (including phenoxy) is 1. The maximum atomic E-state index is 13.6. The van der Waals surface area contributed by atoms with E-state index in [4.69, 9.17) is 9.72 Å². The molecule has 208 valence electrons. The molecule has 2 aliphatic carbocycles. The van der Waals surface area contributed by atoms with Gasteiger partial charge in [0.2, 0.25) is 0 Å². The number of halogens is 3. The summed E-state index contributed by atoms with van der Waals surface area (Å²) >= 11 is 0. The number of carbonyl (C=O) groups excluding carboxylic acids is 1. The number of allylic oxidation sites excluding steroid dienone is 8. The number of hydrogen-bond donors (Lipinski definition) is 2. The molecule has 0 fully saturated rings. The minimum Gasteiger partial charge on any atom is -0.497 e. The molecule has 10 heteroatoms. The van der Waals surface area contributed by atoms with E-state index in [0.29, 0.717) is 52.4 Å². The van der Waals surface area contributed by atoms with Gasteiger partial charge in [-0.1, -0.05) is 36.5 Å². The number of rotatable bonds is 7. The van der Waals surface area contributed by atoms with Crippen molar-refractivity contribution in [2.75, 3.05) is 19.0 Å². The molecule has 0 radical (unpaired) electrons. The van der Waals surface area contributed by atoms with Gasteiger partial charge in [-0.3, -0.25) is 9.78 Å². The van der Waals surface area contributed by atoms with Crippen molar-refractivity contribution in [3.63, 3.8) is 0 Å². The summed E-state index contributed by atoms with van der Waals surface area (Å²) in [6, 6.07) is 9.03. The third-order valence-electron chi connectivity index (χ3n) is 6.46. The Morgan fingerprint density at radius 1 is 1.05 bits per heavy atom. The predicted octanol–water partition coefficient (Wildman–Crippen LogP) is 6.37. The number of nitrogens with zero attached hydrogens (tertiary/aromatic N) is 3. The van der Waals surface area contributed by atoms with E-state index in [1.54, 1.807) is 55.9 Å². The van der Waals surface area contributed by atoms with E-state index >= 15 is 0 Å². The number of hydrogen-bond acceptors (Lipinski definition) is 6. The molecule has 0 saturated carbocycles. The predicted molar refractivity (Wildman–Crippen MR) is 152 cm³/mol. The van der Waals surface area contributed by atoms with Crippen LogP contribution >= 0.6 is 0 Å². The smallest absolute Gasteiger partial charge is 0.416 e. The van der Waals surface area contributed by atoms with Crippen molar-refractivity contribution < 1.29 is 22.7 Å². The minimum atomic E-state index is -4.54. The molecule has 2 aliphatic rings. The summed E-state index contributed by atoms with van der Waals surface area (Å²) in [6.07, 6.45) is 12.2. The Balaban J connectivity index is 1.45. The zero-order chi connectivity index (χ0) is 28.8. The second kappa shape index (κ2) is 12.0. The maximum Gasteiger partial charge on any atom is 0.416 e. The van der Waals surface area contributed by atoms with E-state index in [0.717, 1.165) is 6.08 Å². The van der Waals surface area contributed by atoms with Crippen LogP contribution in [0.25, 0.3) is 22.3 Å². The van der Waals surface area contributed by atoms with Gasteiger partial charge in [0.05, 0.1) is 23.8 Å². The van der Waals surface area contributed by atoms with Crippen molar-refractivity contribution in [2.45, 2.75) is 19.0 Å². The average molecular weight is 558 g/mol. The van der Waals surface area contributed by atoms with E-state index in [1.807, 2.05) is 24.3 Å². The van der Waals surface area contributed by atoms with Gasteiger partial charge in [0.1, 0.15) is 11.6 Å². The normalized spacial score (nSPS) is 15.2. The lowest BCUT2D eigenvalue weighted by molar-refractivity contribution is -0.117. The molecule has 3 aromatic rings. The highest BCUT2D eigenvalue weighted by Gasteiger charge is 2.35. The summed E-state index contributed by atoms with van der Waals surface area (Å²) in [6.45, 7) is -0.279. The van der Waals surface area contributed by atoms with Gasteiger partial charge in [-0.05, 0) is 60.9 Å². The van der Waals surface area contributed by atoms with Crippen molar-refractivity contribution in [2.24, 2.45) is 0 Å². The third-order valence-corrected chi connectivity index (χ3v) is 6.46. The molecule has 0 bridgehead atoms. The Bertz CT molecular complexity index is 1650. The summed E-state index contributed by atoms with van der Waals surface area (Å²) in [5.41, 5.74) is 1.29. The lowest BCUT2D eigenvalue weighted by Crippen LogP contribution is -2.31. The first-order valence-corrected chi connectivity index (χ1v) is 12.9. The molecule has 0 atom stereocenters. The van der Waals surface area contributed by atoms with E-state index in [2.05, 4.69) is 20.6 Å². The SMILES string of the molecule is COc1ccc2nc(-c3cccnc3)nc(NC3=CCC=CC=C3C(=O)NCC3=CCC=CC=C3C(F)(F)F)c2c1. The molecule has 2 aromatic heterocycles. The van der Waals surface area contributed by atoms with Crippen LogP contribution in [0.1, 0.15) is 12.8 Å². The quantitative estimate of drug-likeness (QED) is 0.351. The highest BCUT2D eigenvalue weighted by Crippen LogP contribution is 2.33.